The molecule has 0 radical (unpaired) electrons. The number of nitrogens with two attached hydrogens (primary N) is 1. The summed E-state index contributed by atoms with van der Waals surface area (Å²) in [4.78, 5) is 0. The maximum atomic E-state index is 6.17. The fourth-order valence-electron chi connectivity index (χ4n) is 2.07. The Bertz CT molecular complexity index is 313. The molecule has 1 aliphatic rings. The van der Waals surface area contributed by atoms with Crippen LogP contribution in [0.5, 0.6) is 0 Å². The molecule has 1 fully saturated rings. The molecule has 14 heavy (non-hydrogen) atoms. The van der Waals surface area contributed by atoms with Crippen LogP contribution in [0.25, 0.3) is 0 Å². The van der Waals surface area contributed by atoms with Gasteiger partial charge in [0.25, 0.3) is 0 Å². The molecule has 2 atom stereocenters. The van der Waals surface area contributed by atoms with Crippen molar-refractivity contribution in [1.29, 1.82) is 0 Å². The Kier molecular flexibility index (Phi) is 2.61. The molecule has 3 heteroatoms. The first-order valence-corrected chi connectivity index (χ1v) is 5.08. The Balaban J connectivity index is 2.17. The van der Waals surface area contributed by atoms with Crippen LogP contribution in [0.2, 0.25) is 0 Å². The molecule has 2 unspecified atom stereocenters. The monoisotopic (exact) mass is 195 g/mol. The highest BCUT2D eigenvalue weighted by Gasteiger charge is 2.26. The minimum atomic E-state index is 0.0648. The summed E-state index contributed by atoms with van der Waals surface area (Å²) in [7, 11) is 0. The summed E-state index contributed by atoms with van der Waals surface area (Å²) in [6.45, 7) is 5.55. The SMILES string of the molecule is Cc1cc(C(N)C2CCOC2)c(C)o1. The average Bonchev–Trinajstić information content (AvgIpc) is 2.73. The van der Waals surface area contributed by atoms with Crippen molar-refractivity contribution in [1.82, 2.24) is 0 Å². The van der Waals surface area contributed by atoms with Crippen molar-refractivity contribution in [3.63, 3.8) is 0 Å². The van der Waals surface area contributed by atoms with Crippen molar-refractivity contribution in [2.45, 2.75) is 26.3 Å². The van der Waals surface area contributed by atoms with Crippen molar-refractivity contribution in [3.05, 3.63) is 23.2 Å². The van der Waals surface area contributed by atoms with E-state index in [2.05, 4.69) is 0 Å². The molecule has 1 aromatic rings. The largest absolute Gasteiger partial charge is 0.466 e. The van der Waals surface area contributed by atoms with Crippen LogP contribution in [0.1, 0.15) is 29.5 Å². The molecule has 1 aromatic heterocycles. The van der Waals surface area contributed by atoms with E-state index in [-0.39, 0.29) is 6.04 Å². The lowest BCUT2D eigenvalue weighted by molar-refractivity contribution is 0.180. The van der Waals surface area contributed by atoms with E-state index >= 15 is 0 Å². The number of ether oxygens (including phenoxy) is 1. The summed E-state index contributed by atoms with van der Waals surface area (Å²) in [5, 5.41) is 0. The Labute approximate surface area is 84.2 Å². The van der Waals surface area contributed by atoms with Gasteiger partial charge in [-0.15, -0.1) is 0 Å². The van der Waals surface area contributed by atoms with Crippen LogP contribution < -0.4 is 5.73 Å². The van der Waals surface area contributed by atoms with Crippen LogP contribution in [-0.2, 0) is 4.74 Å². The molecular weight excluding hydrogens is 178 g/mol. The Hall–Kier alpha value is -0.800. The van der Waals surface area contributed by atoms with Gasteiger partial charge >= 0.3 is 0 Å². The van der Waals surface area contributed by atoms with Crippen molar-refractivity contribution in [3.8, 4) is 0 Å². The van der Waals surface area contributed by atoms with Gasteiger partial charge in [-0.3, -0.25) is 0 Å². The van der Waals surface area contributed by atoms with Gasteiger partial charge in [0.15, 0.2) is 0 Å². The molecule has 78 valence electrons. The fourth-order valence-corrected chi connectivity index (χ4v) is 2.07. The quantitative estimate of drug-likeness (QED) is 0.784. The van der Waals surface area contributed by atoms with E-state index in [1.54, 1.807) is 0 Å². The van der Waals surface area contributed by atoms with Crippen molar-refractivity contribution in [2.24, 2.45) is 11.7 Å². The summed E-state index contributed by atoms with van der Waals surface area (Å²) < 4.78 is 10.8. The van der Waals surface area contributed by atoms with Gasteiger partial charge in [-0.25, -0.2) is 0 Å². The molecule has 2 N–H and O–H groups in total. The summed E-state index contributed by atoms with van der Waals surface area (Å²) in [5.74, 6) is 2.33. The molecule has 0 bridgehead atoms. The molecule has 0 spiro atoms. The molecule has 1 aliphatic heterocycles. The van der Waals surface area contributed by atoms with Gasteiger partial charge in [0.2, 0.25) is 0 Å². The van der Waals surface area contributed by atoms with E-state index < -0.39 is 0 Å². The van der Waals surface area contributed by atoms with Crippen LogP contribution in [0, 0.1) is 19.8 Å². The van der Waals surface area contributed by atoms with E-state index in [9.17, 15) is 0 Å². The van der Waals surface area contributed by atoms with Crippen LogP contribution in [0.3, 0.4) is 0 Å². The third-order valence-corrected chi connectivity index (χ3v) is 2.91. The molecule has 0 aliphatic carbocycles. The van der Waals surface area contributed by atoms with Gasteiger partial charge < -0.3 is 14.9 Å². The second-order valence-electron chi connectivity index (χ2n) is 4.02. The number of rotatable bonds is 2. The van der Waals surface area contributed by atoms with E-state index in [0.29, 0.717) is 5.92 Å². The van der Waals surface area contributed by atoms with Crippen LogP contribution in [0.4, 0.5) is 0 Å². The zero-order valence-corrected chi connectivity index (χ0v) is 8.75. The zero-order valence-electron chi connectivity index (χ0n) is 8.75. The molecule has 0 aromatic carbocycles. The molecule has 3 nitrogen and oxygen atoms in total. The summed E-state index contributed by atoms with van der Waals surface area (Å²) in [5.41, 5.74) is 7.31. The van der Waals surface area contributed by atoms with Gasteiger partial charge in [0.1, 0.15) is 11.5 Å². The summed E-state index contributed by atoms with van der Waals surface area (Å²) in [6, 6.07) is 2.10. The summed E-state index contributed by atoms with van der Waals surface area (Å²) >= 11 is 0. The lowest BCUT2D eigenvalue weighted by Gasteiger charge is -2.16. The first-order valence-electron chi connectivity index (χ1n) is 5.08. The van der Waals surface area contributed by atoms with Crippen LogP contribution in [-0.4, -0.2) is 13.2 Å². The molecular formula is C11H17NO2. The molecule has 2 heterocycles. The van der Waals surface area contributed by atoms with Crippen LogP contribution in [0.15, 0.2) is 10.5 Å². The van der Waals surface area contributed by atoms with E-state index in [4.69, 9.17) is 14.9 Å². The van der Waals surface area contributed by atoms with E-state index in [0.717, 1.165) is 36.7 Å². The van der Waals surface area contributed by atoms with Gasteiger partial charge in [-0.1, -0.05) is 0 Å². The normalized spacial score (nSPS) is 24.1. The highest BCUT2D eigenvalue weighted by Crippen LogP contribution is 2.30. The second kappa shape index (κ2) is 3.75. The topological polar surface area (TPSA) is 48.4 Å². The van der Waals surface area contributed by atoms with E-state index in [1.807, 2.05) is 19.9 Å². The number of furan rings is 1. The minimum absolute atomic E-state index is 0.0648. The average molecular weight is 195 g/mol. The van der Waals surface area contributed by atoms with Crippen LogP contribution >= 0.6 is 0 Å². The Morgan fingerprint density at radius 1 is 1.50 bits per heavy atom. The van der Waals surface area contributed by atoms with Gasteiger partial charge in [0, 0.05) is 24.1 Å². The lowest BCUT2D eigenvalue weighted by atomic mass is 9.93. The molecule has 1 saturated heterocycles. The fraction of sp³-hybridized carbons (Fsp3) is 0.636. The lowest BCUT2D eigenvalue weighted by Crippen LogP contribution is -2.21. The highest BCUT2D eigenvalue weighted by molar-refractivity contribution is 5.24. The van der Waals surface area contributed by atoms with Crippen molar-refractivity contribution >= 4 is 0 Å². The maximum absolute atomic E-state index is 6.17. The van der Waals surface area contributed by atoms with Gasteiger partial charge in [0.05, 0.1) is 6.61 Å². The third-order valence-electron chi connectivity index (χ3n) is 2.91. The van der Waals surface area contributed by atoms with Gasteiger partial charge in [-0.2, -0.15) is 0 Å². The van der Waals surface area contributed by atoms with Crippen molar-refractivity contribution < 1.29 is 9.15 Å². The standard InChI is InChI=1S/C11H17NO2/c1-7-5-10(8(2)14-7)11(12)9-3-4-13-6-9/h5,9,11H,3-4,6,12H2,1-2H3. The molecule has 0 saturated carbocycles. The molecule has 0 amide bonds. The van der Waals surface area contributed by atoms with E-state index in [1.165, 1.54) is 0 Å². The predicted molar refractivity (Wildman–Crippen MR) is 54.0 cm³/mol. The minimum Gasteiger partial charge on any atom is -0.466 e. The Morgan fingerprint density at radius 3 is 2.79 bits per heavy atom. The Morgan fingerprint density at radius 2 is 2.29 bits per heavy atom. The summed E-state index contributed by atoms with van der Waals surface area (Å²) in [6.07, 6.45) is 1.06. The molecule has 2 rings (SSSR count). The maximum Gasteiger partial charge on any atom is 0.105 e. The number of aryl methyl sites for hydroxylation is 2. The highest BCUT2D eigenvalue weighted by atomic mass is 16.5. The first-order chi connectivity index (χ1) is 6.68. The smallest absolute Gasteiger partial charge is 0.105 e. The number of hydrogen-bond donors (Lipinski definition) is 1. The predicted octanol–water partition coefficient (Wildman–Crippen LogP) is 1.93. The van der Waals surface area contributed by atoms with Crippen molar-refractivity contribution in [2.75, 3.05) is 13.2 Å². The second-order valence-corrected chi connectivity index (χ2v) is 4.02. The third kappa shape index (κ3) is 1.70. The zero-order chi connectivity index (χ0) is 10.1. The first kappa shape index (κ1) is 9.74. The van der Waals surface area contributed by atoms with Gasteiger partial charge in [-0.05, 0) is 26.3 Å². The number of hydrogen-bond acceptors (Lipinski definition) is 3.